The number of aromatic nitrogens is 1. The van der Waals surface area contributed by atoms with Gasteiger partial charge in [0.25, 0.3) is 11.8 Å². The number of ether oxygens (including phenoxy) is 1. The van der Waals surface area contributed by atoms with Crippen molar-refractivity contribution >= 4 is 28.7 Å². The largest absolute Gasteiger partial charge is 0.461 e. The highest BCUT2D eigenvalue weighted by molar-refractivity contribution is 6.21. The third-order valence-corrected chi connectivity index (χ3v) is 4.69. The number of esters is 1. The molecule has 0 aliphatic carbocycles. The first-order valence-electron chi connectivity index (χ1n) is 9.13. The average Bonchev–Trinajstić information content (AvgIpc) is 2.98. The van der Waals surface area contributed by atoms with Crippen LogP contribution < -0.4 is 0 Å². The quantitative estimate of drug-likeness (QED) is 0.375. The first-order valence-corrected chi connectivity index (χ1v) is 9.13. The Morgan fingerprint density at radius 2 is 1.54 bits per heavy atom. The van der Waals surface area contributed by atoms with E-state index < -0.39 is 5.97 Å². The number of carbonyl (C=O) groups excluding carboxylic acids is 3. The number of para-hydroxylation sites is 1. The van der Waals surface area contributed by atoms with E-state index in [9.17, 15) is 14.4 Å². The Hall–Kier alpha value is -3.54. The van der Waals surface area contributed by atoms with Crippen LogP contribution in [0.5, 0.6) is 0 Å². The minimum Gasteiger partial charge on any atom is -0.461 e. The Morgan fingerprint density at radius 1 is 0.857 bits per heavy atom. The Kier molecular flexibility index (Phi) is 4.85. The van der Waals surface area contributed by atoms with Crippen molar-refractivity contribution in [3.05, 3.63) is 77.5 Å². The zero-order valence-electron chi connectivity index (χ0n) is 15.1. The third-order valence-electron chi connectivity index (χ3n) is 4.69. The first kappa shape index (κ1) is 17.9. The van der Waals surface area contributed by atoms with Crippen LogP contribution in [-0.4, -0.2) is 40.8 Å². The molecule has 3 aromatic rings. The van der Waals surface area contributed by atoms with E-state index in [4.69, 9.17) is 4.74 Å². The lowest BCUT2D eigenvalue weighted by Gasteiger charge is -2.13. The molecular weight excluding hydrogens is 356 g/mol. The van der Waals surface area contributed by atoms with E-state index >= 15 is 0 Å². The lowest BCUT2D eigenvalue weighted by Crippen LogP contribution is -2.30. The van der Waals surface area contributed by atoms with Gasteiger partial charge < -0.3 is 4.74 Å². The van der Waals surface area contributed by atoms with Gasteiger partial charge in [-0.15, -0.1) is 0 Å². The molecule has 2 aromatic carbocycles. The van der Waals surface area contributed by atoms with Crippen molar-refractivity contribution in [2.45, 2.75) is 12.8 Å². The lowest BCUT2D eigenvalue weighted by molar-refractivity contribution is 0.0479. The van der Waals surface area contributed by atoms with Crippen LogP contribution in [0.1, 0.15) is 44.0 Å². The molecule has 2 heterocycles. The molecule has 0 bridgehead atoms. The number of amides is 2. The van der Waals surface area contributed by atoms with E-state index in [1.54, 1.807) is 30.3 Å². The minimum atomic E-state index is -0.480. The number of nitrogens with zero attached hydrogens (tertiary/aromatic N) is 2. The molecule has 0 fully saturated rings. The minimum absolute atomic E-state index is 0.205. The molecule has 0 unspecified atom stereocenters. The second kappa shape index (κ2) is 7.60. The van der Waals surface area contributed by atoms with Gasteiger partial charge in [-0.1, -0.05) is 36.4 Å². The number of benzene rings is 2. The molecule has 1 aromatic heterocycles. The van der Waals surface area contributed by atoms with Gasteiger partial charge >= 0.3 is 5.97 Å². The van der Waals surface area contributed by atoms with Gasteiger partial charge in [-0.25, -0.2) is 9.78 Å². The van der Waals surface area contributed by atoms with Crippen LogP contribution in [0.4, 0.5) is 0 Å². The highest BCUT2D eigenvalue weighted by Crippen LogP contribution is 2.22. The molecule has 1 aliphatic rings. The van der Waals surface area contributed by atoms with Crippen molar-refractivity contribution < 1.29 is 19.1 Å². The number of imide groups is 1. The highest BCUT2D eigenvalue weighted by Gasteiger charge is 2.34. The Bertz CT molecular complexity index is 1040. The SMILES string of the molecule is O=C(OCCCCN1C(=O)c2ccccc2C1=O)c1ccc2ccccc2n1. The topological polar surface area (TPSA) is 76.6 Å². The van der Waals surface area contributed by atoms with Crippen molar-refractivity contribution in [1.82, 2.24) is 9.88 Å². The van der Waals surface area contributed by atoms with E-state index in [2.05, 4.69) is 4.98 Å². The molecule has 0 saturated heterocycles. The zero-order chi connectivity index (χ0) is 19.5. The summed E-state index contributed by atoms with van der Waals surface area (Å²) in [5.74, 6) is -1.01. The molecule has 1 aliphatic heterocycles. The predicted octanol–water partition coefficient (Wildman–Crippen LogP) is 3.47. The van der Waals surface area contributed by atoms with Gasteiger partial charge in [0.05, 0.1) is 23.3 Å². The van der Waals surface area contributed by atoms with Crippen LogP contribution in [0.3, 0.4) is 0 Å². The molecule has 0 spiro atoms. The first-order chi connectivity index (χ1) is 13.6. The Morgan fingerprint density at radius 3 is 2.29 bits per heavy atom. The van der Waals surface area contributed by atoms with E-state index in [1.165, 1.54) is 4.90 Å². The van der Waals surface area contributed by atoms with Gasteiger partial charge in [-0.2, -0.15) is 0 Å². The molecule has 28 heavy (non-hydrogen) atoms. The summed E-state index contributed by atoms with van der Waals surface area (Å²) in [6.07, 6.45) is 1.11. The molecule has 6 nitrogen and oxygen atoms in total. The van der Waals surface area contributed by atoms with Crippen LogP contribution in [0.2, 0.25) is 0 Å². The smallest absolute Gasteiger partial charge is 0.356 e. The van der Waals surface area contributed by atoms with Crippen LogP contribution >= 0.6 is 0 Å². The molecule has 6 heteroatoms. The molecule has 0 radical (unpaired) electrons. The monoisotopic (exact) mass is 374 g/mol. The van der Waals surface area contributed by atoms with Crippen LogP contribution in [0.15, 0.2) is 60.7 Å². The summed E-state index contributed by atoms with van der Waals surface area (Å²) in [7, 11) is 0. The normalized spacial score (nSPS) is 13.1. The molecule has 0 atom stereocenters. The van der Waals surface area contributed by atoms with Crippen molar-refractivity contribution in [2.75, 3.05) is 13.2 Å². The third kappa shape index (κ3) is 3.36. The molecule has 0 N–H and O–H groups in total. The van der Waals surface area contributed by atoms with Gasteiger partial charge in [0.1, 0.15) is 5.69 Å². The van der Waals surface area contributed by atoms with Crippen LogP contribution in [-0.2, 0) is 4.74 Å². The summed E-state index contributed by atoms with van der Waals surface area (Å²) in [4.78, 5) is 42.3. The zero-order valence-corrected chi connectivity index (χ0v) is 15.1. The molecule has 140 valence electrons. The summed E-state index contributed by atoms with van der Waals surface area (Å²) in [5, 5.41) is 0.958. The summed E-state index contributed by atoms with van der Waals surface area (Å²) in [5.41, 5.74) is 1.89. The van der Waals surface area contributed by atoms with Crippen molar-refractivity contribution in [3.63, 3.8) is 0 Å². The number of hydrogen-bond donors (Lipinski definition) is 0. The lowest BCUT2D eigenvalue weighted by atomic mass is 10.1. The van der Waals surface area contributed by atoms with Gasteiger partial charge in [-0.3, -0.25) is 14.5 Å². The van der Waals surface area contributed by atoms with Gasteiger partial charge in [0, 0.05) is 11.9 Å². The van der Waals surface area contributed by atoms with E-state index in [0.717, 1.165) is 10.9 Å². The van der Waals surface area contributed by atoms with Crippen molar-refractivity contribution in [3.8, 4) is 0 Å². The maximum absolute atomic E-state index is 12.3. The second-order valence-corrected chi connectivity index (χ2v) is 6.54. The summed E-state index contributed by atoms with van der Waals surface area (Å²) >= 11 is 0. The summed E-state index contributed by atoms with van der Waals surface area (Å²) < 4.78 is 5.27. The predicted molar refractivity (Wildman–Crippen MR) is 103 cm³/mol. The Balaban J connectivity index is 1.26. The van der Waals surface area contributed by atoms with Crippen molar-refractivity contribution in [1.29, 1.82) is 0 Å². The van der Waals surface area contributed by atoms with E-state index in [-0.39, 0.29) is 24.1 Å². The fourth-order valence-electron chi connectivity index (χ4n) is 3.23. The maximum Gasteiger partial charge on any atom is 0.356 e. The van der Waals surface area contributed by atoms with E-state index in [0.29, 0.717) is 30.5 Å². The summed E-state index contributed by atoms with van der Waals surface area (Å²) in [6.45, 7) is 0.509. The number of carbonyl (C=O) groups is 3. The number of unbranched alkanes of at least 4 members (excludes halogenated alkanes) is 1. The Labute approximate surface area is 161 Å². The average molecular weight is 374 g/mol. The standard InChI is InChI=1S/C22H18N2O4/c25-20-16-8-2-3-9-17(16)21(26)24(20)13-5-6-14-28-22(27)19-12-11-15-7-1-4-10-18(15)23-19/h1-4,7-12H,5-6,13-14H2. The molecule has 4 rings (SSSR count). The second-order valence-electron chi connectivity index (χ2n) is 6.54. The molecule has 2 amide bonds. The van der Waals surface area contributed by atoms with E-state index in [1.807, 2.05) is 30.3 Å². The van der Waals surface area contributed by atoms with Crippen molar-refractivity contribution in [2.24, 2.45) is 0 Å². The number of pyridine rings is 1. The maximum atomic E-state index is 12.3. The number of fused-ring (bicyclic) bond motifs is 2. The van der Waals surface area contributed by atoms with Gasteiger partial charge in [0.2, 0.25) is 0 Å². The van der Waals surface area contributed by atoms with Gasteiger partial charge in [0.15, 0.2) is 0 Å². The highest BCUT2D eigenvalue weighted by atomic mass is 16.5. The molecular formula is C22H18N2O4. The molecule has 0 saturated carbocycles. The number of rotatable bonds is 6. The van der Waals surface area contributed by atoms with Crippen LogP contribution in [0.25, 0.3) is 10.9 Å². The summed E-state index contributed by atoms with van der Waals surface area (Å²) in [6, 6.07) is 17.8. The fourth-order valence-corrected chi connectivity index (χ4v) is 3.23. The fraction of sp³-hybridized carbons (Fsp3) is 0.182. The van der Waals surface area contributed by atoms with Gasteiger partial charge in [-0.05, 0) is 37.1 Å². The van der Waals surface area contributed by atoms with Crippen LogP contribution in [0, 0.1) is 0 Å². The number of hydrogen-bond acceptors (Lipinski definition) is 5.